The molecule has 0 bridgehead atoms. The smallest absolute Gasteiger partial charge is 0.103 e. The van der Waals surface area contributed by atoms with E-state index in [-0.39, 0.29) is 1.43 Å². The van der Waals surface area contributed by atoms with Crippen LogP contribution in [0.1, 0.15) is 28.1 Å². The Hall–Kier alpha value is -0.110. The fraction of sp³-hybridized carbons (Fsp3) is 1.00. The van der Waals surface area contributed by atoms with Crippen molar-refractivity contribution >= 4 is 0 Å². The van der Waals surface area contributed by atoms with Crippen molar-refractivity contribution in [1.29, 1.82) is 0 Å². The van der Waals surface area contributed by atoms with E-state index in [1.165, 1.54) is 0 Å². The van der Waals surface area contributed by atoms with Gasteiger partial charge in [0.1, 0.15) is 6.17 Å². The highest BCUT2D eigenvalue weighted by Gasteiger charge is 2.09. The minimum atomic E-state index is -0.527. The molecule has 0 atom stereocenters. The summed E-state index contributed by atoms with van der Waals surface area (Å²) < 4.78 is 12.1. The lowest BCUT2D eigenvalue weighted by Gasteiger charge is -2.14. The predicted molar refractivity (Wildman–Crippen MR) is 40.5 cm³/mol. The second-order valence-corrected chi connectivity index (χ2v) is 1.92. The van der Waals surface area contributed by atoms with Crippen molar-refractivity contribution in [2.75, 3.05) is 13.1 Å². The van der Waals surface area contributed by atoms with E-state index in [2.05, 4.69) is 5.32 Å². The lowest BCUT2D eigenvalue weighted by molar-refractivity contribution is 0.262. The van der Waals surface area contributed by atoms with Gasteiger partial charge in [-0.1, -0.05) is 13.8 Å². The monoisotopic (exact) mass is 135 g/mol. The van der Waals surface area contributed by atoms with Crippen LogP contribution in [0.15, 0.2) is 0 Å². The zero-order chi connectivity index (χ0) is 7.11. The van der Waals surface area contributed by atoms with Gasteiger partial charge in [0.25, 0.3) is 0 Å². The van der Waals surface area contributed by atoms with Crippen LogP contribution in [0.5, 0.6) is 0 Å². The van der Waals surface area contributed by atoms with Crippen LogP contribution in [0.25, 0.3) is 0 Å². The van der Waals surface area contributed by atoms with Crippen LogP contribution in [0, 0.1) is 0 Å². The number of hydrogen-bond donors (Lipinski definition) is 1. The molecule has 0 aromatic heterocycles. The van der Waals surface area contributed by atoms with E-state index >= 15 is 0 Å². The summed E-state index contributed by atoms with van der Waals surface area (Å²) >= 11 is 0. The molecule has 0 saturated carbocycles. The van der Waals surface area contributed by atoms with Crippen LogP contribution in [0.4, 0.5) is 4.39 Å². The largest absolute Gasteiger partial charge is 0.317 e. The van der Waals surface area contributed by atoms with Gasteiger partial charge >= 0.3 is 0 Å². The molecule has 1 nitrogen and oxygen atoms in total. The van der Waals surface area contributed by atoms with E-state index in [0.717, 1.165) is 13.1 Å². The molecule has 1 N–H and O–H groups in total. The van der Waals surface area contributed by atoms with Crippen molar-refractivity contribution in [2.24, 2.45) is 0 Å². The Bertz CT molecular complexity index is 55.6. The van der Waals surface area contributed by atoms with E-state index in [4.69, 9.17) is 0 Å². The Kier molecular flexibility index (Phi) is 5.94. The maximum atomic E-state index is 12.1. The van der Waals surface area contributed by atoms with Crippen LogP contribution in [0.3, 0.4) is 0 Å². The molecule has 9 heavy (non-hydrogen) atoms. The third-order valence-electron chi connectivity index (χ3n) is 1.27. The van der Waals surface area contributed by atoms with Crippen molar-refractivity contribution in [3.8, 4) is 0 Å². The van der Waals surface area contributed by atoms with Crippen LogP contribution in [-0.4, -0.2) is 19.3 Å². The Morgan fingerprint density at radius 1 is 1.33 bits per heavy atom. The first kappa shape index (κ1) is 8.89. The van der Waals surface area contributed by atoms with Gasteiger partial charge in [0.15, 0.2) is 0 Å². The molecular weight excluding hydrogens is 117 g/mol. The molecule has 1 aliphatic rings. The summed E-state index contributed by atoms with van der Waals surface area (Å²) in [6, 6.07) is 0. The summed E-state index contributed by atoms with van der Waals surface area (Å²) in [5.74, 6) is 0. The van der Waals surface area contributed by atoms with Gasteiger partial charge in [0.2, 0.25) is 0 Å². The topological polar surface area (TPSA) is 12.0 Å². The van der Waals surface area contributed by atoms with Gasteiger partial charge in [-0.15, -0.1) is 0 Å². The highest BCUT2D eigenvalue weighted by Crippen LogP contribution is 2.04. The lowest BCUT2D eigenvalue weighted by atomic mass is 10.1. The molecule has 1 heterocycles. The van der Waals surface area contributed by atoms with Gasteiger partial charge in [-0.3, -0.25) is 0 Å². The molecule has 1 fully saturated rings. The number of nitrogens with one attached hydrogen (secondary N) is 1. The average molecular weight is 135 g/mol. The Labute approximate surface area is 58.1 Å². The number of piperidine rings is 1. The summed E-state index contributed by atoms with van der Waals surface area (Å²) in [7, 11) is 0. The normalized spacial score (nSPS) is 20.3. The molecule has 0 unspecified atom stereocenters. The van der Waals surface area contributed by atoms with Gasteiger partial charge in [-0.2, -0.15) is 0 Å². The standard InChI is InChI=1S/C5H10FN.C2H6.H2/c6-5-1-3-7-4-2-5;1-2;/h5,7H,1-4H2;1-2H3;1H. The fourth-order valence-electron chi connectivity index (χ4n) is 0.787. The first-order chi connectivity index (χ1) is 4.39. The van der Waals surface area contributed by atoms with Crippen LogP contribution >= 0.6 is 0 Å². The third kappa shape index (κ3) is 4.40. The van der Waals surface area contributed by atoms with Gasteiger partial charge in [0, 0.05) is 1.43 Å². The van der Waals surface area contributed by atoms with Crippen molar-refractivity contribution < 1.29 is 5.82 Å². The maximum absolute atomic E-state index is 12.1. The molecule has 0 aromatic rings. The SMILES string of the molecule is CC.FC1CCNCC1.[HH]. The summed E-state index contributed by atoms with van der Waals surface area (Å²) in [5, 5.41) is 3.08. The Balaban J connectivity index is 0. The molecule has 0 aromatic carbocycles. The molecule has 1 aliphatic heterocycles. The second kappa shape index (κ2) is 6.02. The molecule has 0 amide bonds. The third-order valence-corrected chi connectivity index (χ3v) is 1.27. The first-order valence-electron chi connectivity index (χ1n) is 3.74. The fourth-order valence-corrected chi connectivity index (χ4v) is 0.787. The number of hydrogen-bond acceptors (Lipinski definition) is 1. The van der Waals surface area contributed by atoms with Crippen LogP contribution in [-0.2, 0) is 0 Å². The highest BCUT2D eigenvalue weighted by molar-refractivity contribution is 4.65. The van der Waals surface area contributed by atoms with Crippen molar-refractivity contribution in [1.82, 2.24) is 5.32 Å². The van der Waals surface area contributed by atoms with E-state index in [1.54, 1.807) is 0 Å². The summed E-state index contributed by atoms with van der Waals surface area (Å²) in [5.41, 5.74) is 0. The number of halogens is 1. The molecule has 0 radical (unpaired) electrons. The Morgan fingerprint density at radius 3 is 2.00 bits per heavy atom. The quantitative estimate of drug-likeness (QED) is 0.535. The highest BCUT2D eigenvalue weighted by atomic mass is 19.1. The summed E-state index contributed by atoms with van der Waals surface area (Å²) in [4.78, 5) is 0. The molecular formula is C7H18FN. The van der Waals surface area contributed by atoms with E-state index in [0.29, 0.717) is 12.8 Å². The van der Waals surface area contributed by atoms with Crippen molar-refractivity contribution in [2.45, 2.75) is 32.9 Å². The van der Waals surface area contributed by atoms with Gasteiger partial charge in [-0.05, 0) is 25.9 Å². The van der Waals surface area contributed by atoms with Crippen molar-refractivity contribution in [3.63, 3.8) is 0 Å². The average Bonchev–Trinajstić information content (AvgIpc) is 1.94. The minimum Gasteiger partial charge on any atom is -0.317 e. The van der Waals surface area contributed by atoms with Crippen LogP contribution in [0.2, 0.25) is 0 Å². The molecule has 58 valence electrons. The van der Waals surface area contributed by atoms with Crippen molar-refractivity contribution in [3.05, 3.63) is 0 Å². The summed E-state index contributed by atoms with van der Waals surface area (Å²) in [6.45, 7) is 5.72. The lowest BCUT2D eigenvalue weighted by Crippen LogP contribution is -2.28. The zero-order valence-electron chi connectivity index (χ0n) is 6.28. The predicted octanol–water partition coefficient (Wildman–Crippen LogP) is 1.98. The molecule has 1 saturated heterocycles. The van der Waals surface area contributed by atoms with E-state index < -0.39 is 6.17 Å². The Morgan fingerprint density at radius 2 is 1.78 bits per heavy atom. The molecule has 0 spiro atoms. The minimum absolute atomic E-state index is 0. The molecule has 0 aliphatic carbocycles. The molecule has 1 rings (SSSR count). The maximum Gasteiger partial charge on any atom is 0.103 e. The zero-order valence-corrected chi connectivity index (χ0v) is 6.28. The van der Waals surface area contributed by atoms with E-state index in [9.17, 15) is 4.39 Å². The first-order valence-corrected chi connectivity index (χ1v) is 3.74. The molecule has 2 heteroatoms. The summed E-state index contributed by atoms with van der Waals surface area (Å²) in [6.07, 6.45) is 0.890. The van der Waals surface area contributed by atoms with Gasteiger partial charge in [0.05, 0.1) is 0 Å². The number of rotatable bonds is 0. The van der Waals surface area contributed by atoms with E-state index in [1.807, 2.05) is 13.8 Å². The van der Waals surface area contributed by atoms with Gasteiger partial charge < -0.3 is 5.32 Å². The van der Waals surface area contributed by atoms with Gasteiger partial charge in [-0.25, -0.2) is 4.39 Å². The van der Waals surface area contributed by atoms with Crippen LogP contribution < -0.4 is 5.32 Å². The number of alkyl halides is 1. The second-order valence-electron chi connectivity index (χ2n) is 1.92.